The number of amides is 2. The molecule has 5 rings (SSSR count). The van der Waals surface area contributed by atoms with E-state index in [2.05, 4.69) is 0 Å². The van der Waals surface area contributed by atoms with Crippen LogP contribution >= 0.6 is 0 Å². The molecule has 0 N–H and O–H groups in total. The molecular formula is C32H28N2O4. The van der Waals surface area contributed by atoms with Gasteiger partial charge in [0.05, 0.1) is 0 Å². The number of piperazine rings is 1. The summed E-state index contributed by atoms with van der Waals surface area (Å²) in [5.74, 6) is 0.599. The van der Waals surface area contributed by atoms with Crippen molar-refractivity contribution in [2.45, 2.75) is 6.61 Å². The highest BCUT2D eigenvalue weighted by Gasteiger charge is 2.25. The van der Waals surface area contributed by atoms with Gasteiger partial charge in [-0.05, 0) is 54.1 Å². The lowest BCUT2D eigenvalue weighted by Crippen LogP contribution is -2.50. The number of rotatable bonds is 7. The monoisotopic (exact) mass is 504 g/mol. The number of carbonyl (C=O) groups is 3. The third-order valence-corrected chi connectivity index (χ3v) is 6.63. The summed E-state index contributed by atoms with van der Waals surface area (Å²) in [5, 5.41) is 0. The van der Waals surface area contributed by atoms with Gasteiger partial charge in [-0.2, -0.15) is 0 Å². The average molecular weight is 505 g/mol. The Balaban J connectivity index is 1.11. The highest BCUT2D eigenvalue weighted by atomic mass is 16.5. The number of nitrogens with zero attached hydrogens (tertiary/aromatic N) is 2. The molecule has 4 aromatic rings. The van der Waals surface area contributed by atoms with Crippen LogP contribution in [-0.4, -0.2) is 53.6 Å². The second kappa shape index (κ2) is 11.6. The molecule has 0 unspecified atom stereocenters. The Morgan fingerprint density at radius 3 is 1.47 bits per heavy atom. The number of hydrogen-bond acceptors (Lipinski definition) is 4. The minimum atomic E-state index is -0.0389. The minimum Gasteiger partial charge on any atom is -0.489 e. The van der Waals surface area contributed by atoms with Gasteiger partial charge in [-0.3, -0.25) is 14.4 Å². The first-order chi connectivity index (χ1) is 18.6. The molecule has 0 aromatic heterocycles. The fourth-order valence-corrected chi connectivity index (χ4v) is 4.43. The average Bonchev–Trinajstić information content (AvgIpc) is 3.00. The zero-order valence-corrected chi connectivity index (χ0v) is 21.0. The van der Waals surface area contributed by atoms with Crippen LogP contribution in [0.15, 0.2) is 109 Å². The predicted molar refractivity (Wildman–Crippen MR) is 145 cm³/mol. The van der Waals surface area contributed by atoms with Gasteiger partial charge in [0.15, 0.2) is 5.78 Å². The summed E-state index contributed by atoms with van der Waals surface area (Å²) in [6.07, 6.45) is 0. The van der Waals surface area contributed by atoms with Gasteiger partial charge in [-0.15, -0.1) is 0 Å². The molecule has 1 aliphatic rings. The zero-order chi connectivity index (χ0) is 26.3. The summed E-state index contributed by atoms with van der Waals surface area (Å²) in [6, 6.07) is 32.9. The molecule has 0 bridgehead atoms. The molecule has 1 fully saturated rings. The molecule has 2 amide bonds. The van der Waals surface area contributed by atoms with Gasteiger partial charge in [0.1, 0.15) is 12.4 Å². The quantitative estimate of drug-likeness (QED) is 0.329. The van der Waals surface area contributed by atoms with Crippen LogP contribution in [0.1, 0.15) is 42.2 Å². The van der Waals surface area contributed by atoms with Crippen LogP contribution in [0.4, 0.5) is 0 Å². The van der Waals surface area contributed by atoms with E-state index in [4.69, 9.17) is 4.74 Å². The van der Waals surface area contributed by atoms with Crippen LogP contribution in [0.5, 0.6) is 5.75 Å². The van der Waals surface area contributed by atoms with Crippen LogP contribution in [0.3, 0.4) is 0 Å². The molecule has 0 aliphatic carbocycles. The van der Waals surface area contributed by atoms with Crippen LogP contribution < -0.4 is 4.74 Å². The van der Waals surface area contributed by atoms with Crippen molar-refractivity contribution < 1.29 is 19.1 Å². The van der Waals surface area contributed by atoms with Crippen molar-refractivity contribution in [3.63, 3.8) is 0 Å². The lowest BCUT2D eigenvalue weighted by Gasteiger charge is -2.35. The Hall–Kier alpha value is -4.71. The first-order valence-electron chi connectivity index (χ1n) is 12.6. The minimum absolute atomic E-state index is 0.000476. The normalized spacial score (nSPS) is 13.2. The van der Waals surface area contributed by atoms with Gasteiger partial charge in [-0.25, -0.2) is 0 Å². The highest BCUT2D eigenvalue weighted by molar-refractivity contribution is 6.09. The second-order valence-corrected chi connectivity index (χ2v) is 9.16. The van der Waals surface area contributed by atoms with E-state index in [0.717, 1.165) is 5.56 Å². The lowest BCUT2D eigenvalue weighted by atomic mass is 10.0. The van der Waals surface area contributed by atoms with Crippen molar-refractivity contribution in [1.29, 1.82) is 0 Å². The first kappa shape index (κ1) is 25.0. The van der Waals surface area contributed by atoms with Crippen LogP contribution in [0.25, 0.3) is 0 Å². The Morgan fingerprint density at radius 1 is 0.526 bits per heavy atom. The van der Waals surface area contributed by atoms with Gasteiger partial charge in [0, 0.05) is 48.4 Å². The molecule has 1 aliphatic heterocycles. The molecule has 0 atom stereocenters. The van der Waals surface area contributed by atoms with Gasteiger partial charge in [0.2, 0.25) is 0 Å². The summed E-state index contributed by atoms with van der Waals surface area (Å²) in [6.45, 7) is 2.39. The number of ketones is 1. The molecule has 1 heterocycles. The van der Waals surface area contributed by atoms with Crippen LogP contribution in [0.2, 0.25) is 0 Å². The molecule has 0 saturated carbocycles. The van der Waals surface area contributed by atoms with E-state index in [1.54, 1.807) is 46.2 Å². The summed E-state index contributed by atoms with van der Waals surface area (Å²) >= 11 is 0. The standard InChI is InChI=1S/C32H28N2O4/c35-30(25-7-3-1-4-8-25)26-15-17-29(18-16-26)38-23-24-11-13-28(14-12-24)32(37)34-21-19-33(20-22-34)31(36)27-9-5-2-6-10-27/h1-18H,19-23H2. The van der Waals surface area contributed by atoms with Crippen LogP contribution in [0, 0.1) is 0 Å². The van der Waals surface area contributed by atoms with E-state index < -0.39 is 0 Å². The maximum atomic E-state index is 13.0. The summed E-state index contributed by atoms with van der Waals surface area (Å²) in [5.41, 5.74) is 3.47. The number of carbonyl (C=O) groups excluding carboxylic acids is 3. The fourth-order valence-electron chi connectivity index (χ4n) is 4.43. The molecule has 38 heavy (non-hydrogen) atoms. The molecule has 6 heteroatoms. The van der Waals surface area contributed by atoms with Gasteiger partial charge < -0.3 is 14.5 Å². The van der Waals surface area contributed by atoms with E-state index in [9.17, 15) is 14.4 Å². The van der Waals surface area contributed by atoms with E-state index >= 15 is 0 Å². The Labute approximate surface area is 222 Å². The maximum absolute atomic E-state index is 13.0. The van der Waals surface area contributed by atoms with E-state index in [-0.39, 0.29) is 17.6 Å². The van der Waals surface area contributed by atoms with Gasteiger partial charge >= 0.3 is 0 Å². The molecule has 4 aromatic carbocycles. The molecule has 6 nitrogen and oxygen atoms in total. The van der Waals surface area contributed by atoms with Crippen molar-refractivity contribution in [3.05, 3.63) is 137 Å². The third kappa shape index (κ3) is 5.81. The molecule has 0 spiro atoms. The molecular weight excluding hydrogens is 476 g/mol. The van der Waals surface area contributed by atoms with E-state index in [1.165, 1.54) is 0 Å². The Bertz CT molecular complexity index is 1390. The number of hydrogen-bond donors (Lipinski definition) is 0. The third-order valence-electron chi connectivity index (χ3n) is 6.63. The number of benzene rings is 4. The predicted octanol–water partition coefficient (Wildman–Crippen LogP) is 5.09. The topological polar surface area (TPSA) is 66.9 Å². The molecule has 0 radical (unpaired) electrons. The van der Waals surface area contributed by atoms with Crippen molar-refractivity contribution >= 4 is 17.6 Å². The van der Waals surface area contributed by atoms with Crippen molar-refractivity contribution in [2.75, 3.05) is 26.2 Å². The van der Waals surface area contributed by atoms with Gasteiger partial charge in [0.25, 0.3) is 11.8 Å². The Morgan fingerprint density at radius 2 is 0.947 bits per heavy atom. The number of ether oxygens (including phenoxy) is 1. The largest absolute Gasteiger partial charge is 0.489 e. The smallest absolute Gasteiger partial charge is 0.253 e. The van der Waals surface area contributed by atoms with Crippen molar-refractivity contribution in [1.82, 2.24) is 9.80 Å². The lowest BCUT2D eigenvalue weighted by molar-refractivity contribution is 0.0535. The molecule has 1 saturated heterocycles. The fraction of sp³-hybridized carbons (Fsp3) is 0.156. The zero-order valence-electron chi connectivity index (χ0n) is 21.0. The van der Waals surface area contributed by atoms with Crippen molar-refractivity contribution in [3.8, 4) is 5.75 Å². The van der Waals surface area contributed by atoms with E-state index in [0.29, 0.717) is 60.8 Å². The molecule has 190 valence electrons. The van der Waals surface area contributed by atoms with E-state index in [1.807, 2.05) is 72.8 Å². The second-order valence-electron chi connectivity index (χ2n) is 9.16. The summed E-state index contributed by atoms with van der Waals surface area (Å²) in [4.78, 5) is 41.8. The Kier molecular flexibility index (Phi) is 7.59. The summed E-state index contributed by atoms with van der Waals surface area (Å²) in [7, 11) is 0. The summed E-state index contributed by atoms with van der Waals surface area (Å²) < 4.78 is 5.88. The SMILES string of the molecule is O=C(c1ccccc1)c1ccc(OCc2ccc(C(=O)N3CCN(C(=O)c4ccccc4)CC3)cc2)cc1. The maximum Gasteiger partial charge on any atom is 0.253 e. The highest BCUT2D eigenvalue weighted by Crippen LogP contribution is 2.18. The van der Waals surface area contributed by atoms with Crippen LogP contribution in [-0.2, 0) is 6.61 Å². The first-order valence-corrected chi connectivity index (χ1v) is 12.6. The van der Waals surface area contributed by atoms with Crippen molar-refractivity contribution in [2.24, 2.45) is 0 Å². The van der Waals surface area contributed by atoms with Gasteiger partial charge in [-0.1, -0.05) is 60.7 Å².